The predicted octanol–water partition coefficient (Wildman–Crippen LogP) is 3.74. The Morgan fingerprint density at radius 3 is 2.61 bits per heavy atom. The van der Waals surface area contributed by atoms with E-state index in [1.165, 1.54) is 27.3 Å². The first-order valence-electron chi connectivity index (χ1n) is 11.2. The molecule has 0 spiro atoms. The van der Waals surface area contributed by atoms with Gasteiger partial charge in [0.15, 0.2) is 5.13 Å². The molecular weight excluding hydrogens is 456 g/mol. The van der Waals surface area contributed by atoms with E-state index in [9.17, 15) is 13.2 Å². The first-order valence-corrected chi connectivity index (χ1v) is 13.4. The van der Waals surface area contributed by atoms with E-state index in [0.717, 1.165) is 49.5 Å². The summed E-state index contributed by atoms with van der Waals surface area (Å²) in [5.41, 5.74) is 2.63. The standard InChI is InChI=1S/C24H26N4O3S2/c29-23(19-9-6-10-20(15-19)33(30,31)28-12-4-5-13-28)26-24-25-21-11-14-27(17-22(21)32-24)16-18-7-2-1-3-8-18/h1-3,6-10,15H,4-5,11-14,16-17H2,(H,25,26,29). The van der Waals surface area contributed by atoms with Crippen LogP contribution in [0.25, 0.3) is 0 Å². The van der Waals surface area contributed by atoms with Crippen LogP contribution in [0.4, 0.5) is 5.13 Å². The van der Waals surface area contributed by atoms with Crippen molar-refractivity contribution in [2.75, 3.05) is 25.0 Å². The molecule has 1 fully saturated rings. The fourth-order valence-corrected chi connectivity index (χ4v) is 6.93. The summed E-state index contributed by atoms with van der Waals surface area (Å²) in [6.07, 6.45) is 2.59. The summed E-state index contributed by atoms with van der Waals surface area (Å²) >= 11 is 1.49. The molecule has 1 amide bonds. The Kier molecular flexibility index (Phi) is 6.29. The number of carbonyl (C=O) groups is 1. The topological polar surface area (TPSA) is 82.6 Å². The average Bonchev–Trinajstić information content (AvgIpc) is 3.50. The lowest BCUT2D eigenvalue weighted by Gasteiger charge is -2.25. The molecule has 1 N–H and O–H groups in total. The summed E-state index contributed by atoms with van der Waals surface area (Å²) in [7, 11) is -3.57. The highest BCUT2D eigenvalue weighted by atomic mass is 32.2. The third-order valence-electron chi connectivity index (χ3n) is 6.08. The number of thiazole rings is 1. The third kappa shape index (κ3) is 4.86. The number of anilines is 1. The number of hydrogen-bond acceptors (Lipinski definition) is 6. The number of aromatic nitrogens is 1. The molecule has 3 heterocycles. The van der Waals surface area contributed by atoms with Gasteiger partial charge < -0.3 is 0 Å². The second kappa shape index (κ2) is 9.34. The minimum Gasteiger partial charge on any atom is -0.298 e. The molecule has 5 rings (SSSR count). The van der Waals surface area contributed by atoms with E-state index in [-0.39, 0.29) is 10.8 Å². The van der Waals surface area contributed by atoms with Gasteiger partial charge in [-0.15, -0.1) is 11.3 Å². The third-order valence-corrected chi connectivity index (χ3v) is 8.97. The van der Waals surface area contributed by atoms with Crippen LogP contribution >= 0.6 is 11.3 Å². The smallest absolute Gasteiger partial charge is 0.257 e. The van der Waals surface area contributed by atoms with Gasteiger partial charge in [0.1, 0.15) is 0 Å². The van der Waals surface area contributed by atoms with E-state index in [4.69, 9.17) is 0 Å². The minimum absolute atomic E-state index is 0.159. The molecule has 9 heteroatoms. The van der Waals surface area contributed by atoms with Crippen molar-refractivity contribution < 1.29 is 13.2 Å². The van der Waals surface area contributed by atoms with E-state index in [0.29, 0.717) is 23.8 Å². The summed E-state index contributed by atoms with van der Waals surface area (Å²) < 4.78 is 27.2. The van der Waals surface area contributed by atoms with Gasteiger partial charge in [-0.25, -0.2) is 13.4 Å². The molecule has 7 nitrogen and oxygen atoms in total. The van der Waals surface area contributed by atoms with Crippen LogP contribution in [0.2, 0.25) is 0 Å². The van der Waals surface area contributed by atoms with Gasteiger partial charge in [-0.2, -0.15) is 4.31 Å². The number of benzene rings is 2. The fourth-order valence-electron chi connectivity index (χ4n) is 4.32. The SMILES string of the molecule is O=C(Nc1nc2c(s1)CN(Cc1ccccc1)CC2)c1cccc(S(=O)(=O)N2CCCC2)c1. The quantitative estimate of drug-likeness (QED) is 0.579. The van der Waals surface area contributed by atoms with Crippen molar-refractivity contribution >= 4 is 32.4 Å². The van der Waals surface area contributed by atoms with Crippen LogP contribution in [0.5, 0.6) is 0 Å². The number of amides is 1. The van der Waals surface area contributed by atoms with Crippen LogP contribution in [0.3, 0.4) is 0 Å². The van der Waals surface area contributed by atoms with Crippen LogP contribution < -0.4 is 5.32 Å². The van der Waals surface area contributed by atoms with Crippen molar-refractivity contribution in [2.45, 2.75) is 37.2 Å². The first-order chi connectivity index (χ1) is 16.0. The molecular formula is C24H26N4O3S2. The molecule has 2 aliphatic heterocycles. The molecule has 2 aliphatic rings. The van der Waals surface area contributed by atoms with Crippen LogP contribution in [-0.4, -0.2) is 48.1 Å². The van der Waals surface area contributed by atoms with E-state index in [1.54, 1.807) is 18.2 Å². The molecule has 1 saturated heterocycles. The molecule has 0 aliphatic carbocycles. The molecule has 1 aromatic heterocycles. The number of sulfonamides is 1. The zero-order valence-corrected chi connectivity index (χ0v) is 19.9. The Balaban J connectivity index is 1.27. The van der Waals surface area contributed by atoms with E-state index in [1.807, 2.05) is 6.07 Å². The Hall–Kier alpha value is -2.59. The molecule has 0 saturated carbocycles. The largest absolute Gasteiger partial charge is 0.298 e. The number of rotatable bonds is 6. The van der Waals surface area contributed by atoms with Gasteiger partial charge in [0.25, 0.3) is 5.91 Å². The average molecular weight is 483 g/mol. The number of fused-ring (bicyclic) bond motifs is 1. The summed E-state index contributed by atoms with van der Waals surface area (Å²) in [5.74, 6) is -0.347. The summed E-state index contributed by atoms with van der Waals surface area (Å²) in [4.78, 5) is 21.2. The first kappa shape index (κ1) is 22.2. The number of hydrogen-bond donors (Lipinski definition) is 1. The molecule has 172 valence electrons. The lowest BCUT2D eigenvalue weighted by Crippen LogP contribution is -2.29. The van der Waals surface area contributed by atoms with Crippen molar-refractivity contribution in [2.24, 2.45) is 0 Å². The Morgan fingerprint density at radius 1 is 1.03 bits per heavy atom. The lowest BCUT2D eigenvalue weighted by molar-refractivity contribution is 0.102. The number of nitrogens with zero attached hydrogens (tertiary/aromatic N) is 3. The second-order valence-corrected chi connectivity index (χ2v) is 11.4. The van der Waals surface area contributed by atoms with Gasteiger partial charge in [-0.1, -0.05) is 36.4 Å². The maximum atomic E-state index is 12.9. The molecule has 0 atom stereocenters. The Bertz CT molecular complexity index is 1250. The predicted molar refractivity (Wildman–Crippen MR) is 129 cm³/mol. The molecule has 0 bridgehead atoms. The monoisotopic (exact) mass is 482 g/mol. The molecule has 0 unspecified atom stereocenters. The minimum atomic E-state index is -3.57. The highest BCUT2D eigenvalue weighted by molar-refractivity contribution is 7.89. The maximum Gasteiger partial charge on any atom is 0.257 e. The van der Waals surface area contributed by atoms with Crippen molar-refractivity contribution in [1.82, 2.24) is 14.2 Å². The number of carbonyl (C=O) groups excluding carboxylic acids is 1. The van der Waals surface area contributed by atoms with Gasteiger partial charge in [0, 0.05) is 49.6 Å². The van der Waals surface area contributed by atoms with Crippen molar-refractivity contribution in [3.63, 3.8) is 0 Å². The van der Waals surface area contributed by atoms with Gasteiger partial charge in [-0.3, -0.25) is 15.0 Å². The zero-order chi connectivity index (χ0) is 22.8. The van der Waals surface area contributed by atoms with Crippen LogP contribution in [-0.2, 0) is 29.5 Å². The number of nitrogens with one attached hydrogen (secondary N) is 1. The highest BCUT2D eigenvalue weighted by Crippen LogP contribution is 2.29. The summed E-state index contributed by atoms with van der Waals surface area (Å²) in [5, 5.41) is 3.42. The fraction of sp³-hybridized carbons (Fsp3) is 0.333. The van der Waals surface area contributed by atoms with Gasteiger partial charge >= 0.3 is 0 Å². The van der Waals surface area contributed by atoms with Gasteiger partial charge in [0.2, 0.25) is 10.0 Å². The normalized spacial score (nSPS) is 17.1. The van der Waals surface area contributed by atoms with Crippen LogP contribution in [0.15, 0.2) is 59.5 Å². The Morgan fingerprint density at radius 2 is 1.82 bits per heavy atom. The summed E-state index contributed by atoms with van der Waals surface area (Å²) in [6.45, 7) is 3.68. The van der Waals surface area contributed by atoms with Crippen molar-refractivity contribution in [1.29, 1.82) is 0 Å². The van der Waals surface area contributed by atoms with Crippen LogP contribution in [0, 0.1) is 0 Å². The van der Waals surface area contributed by atoms with Crippen molar-refractivity contribution in [3.05, 3.63) is 76.3 Å². The van der Waals surface area contributed by atoms with Gasteiger partial charge in [0.05, 0.1) is 10.6 Å². The van der Waals surface area contributed by atoms with E-state index < -0.39 is 10.0 Å². The lowest BCUT2D eigenvalue weighted by atomic mass is 10.1. The molecule has 33 heavy (non-hydrogen) atoms. The van der Waals surface area contributed by atoms with E-state index >= 15 is 0 Å². The molecule has 2 aromatic carbocycles. The second-order valence-electron chi connectivity index (χ2n) is 8.43. The van der Waals surface area contributed by atoms with Crippen molar-refractivity contribution in [3.8, 4) is 0 Å². The Labute approximate surface area is 198 Å². The van der Waals surface area contributed by atoms with Crippen LogP contribution in [0.1, 0.15) is 39.3 Å². The highest BCUT2D eigenvalue weighted by Gasteiger charge is 2.28. The molecule has 0 radical (unpaired) electrons. The maximum absolute atomic E-state index is 12.9. The zero-order valence-electron chi connectivity index (χ0n) is 18.2. The van der Waals surface area contributed by atoms with Gasteiger partial charge in [-0.05, 0) is 36.6 Å². The van der Waals surface area contributed by atoms with E-state index in [2.05, 4.69) is 39.5 Å². The molecule has 3 aromatic rings. The summed E-state index contributed by atoms with van der Waals surface area (Å²) in [6, 6.07) is 16.6.